The summed E-state index contributed by atoms with van der Waals surface area (Å²) in [7, 11) is -3.15. The van der Waals surface area contributed by atoms with Gasteiger partial charge < -0.3 is 5.32 Å². The van der Waals surface area contributed by atoms with Crippen LogP contribution < -0.4 is 5.32 Å². The van der Waals surface area contributed by atoms with E-state index in [1.807, 2.05) is 0 Å². The highest BCUT2D eigenvalue weighted by molar-refractivity contribution is 8.01. The van der Waals surface area contributed by atoms with E-state index in [0.717, 1.165) is 5.75 Å². The second kappa shape index (κ2) is 7.02. The minimum Gasteiger partial charge on any atom is -0.344 e. The molecule has 1 aliphatic heterocycles. The molecule has 1 rings (SSSR count). The topological polar surface area (TPSA) is 66.5 Å². The Kier molecular flexibility index (Phi) is 5.99. The zero-order chi connectivity index (χ0) is 13.6. The lowest BCUT2D eigenvalue weighted by molar-refractivity contribution is -0.122. The highest BCUT2D eigenvalue weighted by atomic mass is 32.2. The molecular formula is C11H18N2O3S2. The summed E-state index contributed by atoms with van der Waals surface area (Å²) in [4.78, 5) is 13.3. The third-order valence-corrected chi connectivity index (χ3v) is 6.07. The highest BCUT2D eigenvalue weighted by Crippen LogP contribution is 2.20. The Morgan fingerprint density at radius 2 is 2.33 bits per heavy atom. The van der Waals surface area contributed by atoms with Crippen LogP contribution in [0.15, 0.2) is 0 Å². The molecule has 5 nitrogen and oxygen atoms in total. The summed E-state index contributed by atoms with van der Waals surface area (Å²) in [6.07, 6.45) is 5.05. The van der Waals surface area contributed by atoms with Gasteiger partial charge in [-0.1, -0.05) is 12.8 Å². The van der Waals surface area contributed by atoms with Gasteiger partial charge in [0.25, 0.3) is 0 Å². The number of amides is 1. The second-order valence-corrected chi connectivity index (χ2v) is 7.53. The van der Waals surface area contributed by atoms with E-state index in [2.05, 4.69) is 11.2 Å². The number of rotatable bonds is 5. The first kappa shape index (κ1) is 15.3. The molecule has 1 heterocycles. The minimum absolute atomic E-state index is 0.0894. The predicted molar refractivity (Wildman–Crippen MR) is 74.0 cm³/mol. The van der Waals surface area contributed by atoms with Gasteiger partial charge >= 0.3 is 0 Å². The molecule has 0 spiro atoms. The maximum Gasteiger partial charge on any atom is 0.234 e. The molecule has 0 aromatic heterocycles. The molecule has 0 aliphatic carbocycles. The van der Waals surface area contributed by atoms with E-state index in [0.29, 0.717) is 12.3 Å². The summed E-state index contributed by atoms with van der Waals surface area (Å²) in [5.41, 5.74) is 0. The third-order valence-electron chi connectivity index (χ3n) is 2.74. The van der Waals surface area contributed by atoms with Crippen LogP contribution in [0.3, 0.4) is 0 Å². The molecule has 0 bridgehead atoms. The van der Waals surface area contributed by atoms with Gasteiger partial charge in [0, 0.05) is 23.8 Å². The standard InChI is InChI=1S/C11H18N2O3S2/c1-3-5-12-10(14)8-13-6-7-17-9-11(13)18(15,16)4-2/h1,11H,4-9H2,2H3,(H,12,14). The Bertz CT molecular complexity index is 428. The van der Waals surface area contributed by atoms with Crippen LogP contribution in [-0.2, 0) is 14.6 Å². The van der Waals surface area contributed by atoms with Crippen molar-refractivity contribution in [2.75, 3.05) is 36.9 Å². The van der Waals surface area contributed by atoms with Gasteiger partial charge in [0.05, 0.1) is 13.1 Å². The van der Waals surface area contributed by atoms with E-state index < -0.39 is 15.2 Å². The summed E-state index contributed by atoms with van der Waals surface area (Å²) >= 11 is 1.61. The number of carbonyl (C=O) groups is 1. The summed E-state index contributed by atoms with van der Waals surface area (Å²) < 4.78 is 23.9. The molecule has 1 N–H and O–H groups in total. The molecule has 1 saturated heterocycles. The maximum atomic E-state index is 11.9. The second-order valence-electron chi connectivity index (χ2n) is 3.93. The molecule has 1 atom stereocenters. The van der Waals surface area contributed by atoms with Crippen LogP contribution in [0.1, 0.15) is 6.92 Å². The summed E-state index contributed by atoms with van der Waals surface area (Å²) in [5, 5.41) is 1.99. The van der Waals surface area contributed by atoms with Crippen LogP contribution in [0.4, 0.5) is 0 Å². The summed E-state index contributed by atoms with van der Waals surface area (Å²) in [5.74, 6) is 3.56. The first-order valence-corrected chi connectivity index (χ1v) is 8.61. The lowest BCUT2D eigenvalue weighted by atomic mass is 10.4. The number of terminal acetylenes is 1. The molecule has 0 saturated carbocycles. The first-order chi connectivity index (χ1) is 8.51. The van der Waals surface area contributed by atoms with E-state index in [9.17, 15) is 13.2 Å². The van der Waals surface area contributed by atoms with Crippen molar-refractivity contribution in [3.8, 4) is 12.3 Å². The van der Waals surface area contributed by atoms with Gasteiger partial charge in [-0.25, -0.2) is 8.42 Å². The van der Waals surface area contributed by atoms with Crippen LogP contribution in [0, 0.1) is 12.3 Å². The van der Waals surface area contributed by atoms with Crippen molar-refractivity contribution in [1.82, 2.24) is 10.2 Å². The molecule has 7 heteroatoms. The Morgan fingerprint density at radius 3 is 2.94 bits per heavy atom. The van der Waals surface area contributed by atoms with E-state index in [-0.39, 0.29) is 24.7 Å². The van der Waals surface area contributed by atoms with Gasteiger partial charge in [-0.15, -0.1) is 6.42 Å². The van der Waals surface area contributed by atoms with E-state index in [1.54, 1.807) is 23.6 Å². The fourth-order valence-corrected chi connectivity index (χ4v) is 4.79. The molecule has 1 amide bonds. The van der Waals surface area contributed by atoms with Crippen molar-refractivity contribution in [2.24, 2.45) is 0 Å². The van der Waals surface area contributed by atoms with Crippen LogP contribution >= 0.6 is 11.8 Å². The smallest absolute Gasteiger partial charge is 0.234 e. The van der Waals surface area contributed by atoms with Gasteiger partial charge in [0.2, 0.25) is 5.91 Å². The van der Waals surface area contributed by atoms with Crippen molar-refractivity contribution in [1.29, 1.82) is 0 Å². The van der Waals surface area contributed by atoms with Crippen molar-refractivity contribution >= 4 is 27.5 Å². The summed E-state index contributed by atoms with van der Waals surface area (Å²) in [6.45, 7) is 2.50. The number of hydrogen-bond acceptors (Lipinski definition) is 5. The fourth-order valence-electron chi connectivity index (χ4n) is 1.71. The quantitative estimate of drug-likeness (QED) is 0.695. The van der Waals surface area contributed by atoms with Crippen LogP contribution in [0.2, 0.25) is 0 Å². The zero-order valence-electron chi connectivity index (χ0n) is 10.4. The molecule has 1 unspecified atom stereocenters. The van der Waals surface area contributed by atoms with Crippen molar-refractivity contribution in [3.63, 3.8) is 0 Å². The Labute approximate surface area is 113 Å². The SMILES string of the molecule is C#CCNC(=O)CN1CCSCC1S(=O)(=O)CC. The maximum absolute atomic E-state index is 11.9. The predicted octanol–water partition coefficient (Wildman–Crippen LogP) is -0.455. The van der Waals surface area contributed by atoms with Crippen molar-refractivity contribution < 1.29 is 13.2 Å². The average molecular weight is 290 g/mol. The molecule has 1 fully saturated rings. The van der Waals surface area contributed by atoms with Crippen molar-refractivity contribution in [3.05, 3.63) is 0 Å². The fraction of sp³-hybridized carbons (Fsp3) is 0.727. The molecule has 0 aromatic rings. The van der Waals surface area contributed by atoms with Gasteiger partial charge in [-0.2, -0.15) is 11.8 Å². The minimum atomic E-state index is -3.15. The lowest BCUT2D eigenvalue weighted by Gasteiger charge is -2.33. The molecule has 0 aromatic carbocycles. The zero-order valence-corrected chi connectivity index (χ0v) is 12.0. The number of sulfone groups is 1. The Hall–Kier alpha value is -0.710. The number of nitrogens with zero attached hydrogens (tertiary/aromatic N) is 1. The molecule has 18 heavy (non-hydrogen) atoms. The average Bonchev–Trinajstić information content (AvgIpc) is 2.37. The molecular weight excluding hydrogens is 272 g/mol. The van der Waals surface area contributed by atoms with E-state index in [4.69, 9.17) is 6.42 Å². The normalized spacial score (nSPS) is 21.2. The van der Waals surface area contributed by atoms with Gasteiger partial charge in [-0.3, -0.25) is 9.69 Å². The number of thioether (sulfide) groups is 1. The Morgan fingerprint density at radius 1 is 1.61 bits per heavy atom. The van der Waals surface area contributed by atoms with Gasteiger partial charge in [0.15, 0.2) is 9.84 Å². The number of carbonyl (C=O) groups excluding carboxylic acids is 1. The Balaban J connectivity index is 2.66. The van der Waals surface area contributed by atoms with Gasteiger partial charge in [0.1, 0.15) is 5.37 Å². The molecule has 1 aliphatic rings. The number of hydrogen-bond donors (Lipinski definition) is 1. The van der Waals surface area contributed by atoms with E-state index >= 15 is 0 Å². The van der Waals surface area contributed by atoms with Gasteiger partial charge in [-0.05, 0) is 0 Å². The monoisotopic (exact) mass is 290 g/mol. The van der Waals surface area contributed by atoms with Crippen molar-refractivity contribution in [2.45, 2.75) is 12.3 Å². The largest absolute Gasteiger partial charge is 0.344 e. The van der Waals surface area contributed by atoms with Crippen LogP contribution in [-0.4, -0.2) is 61.5 Å². The highest BCUT2D eigenvalue weighted by Gasteiger charge is 2.33. The summed E-state index contributed by atoms with van der Waals surface area (Å²) in [6, 6.07) is 0. The third kappa shape index (κ3) is 4.19. The first-order valence-electron chi connectivity index (χ1n) is 5.74. The van der Waals surface area contributed by atoms with Crippen LogP contribution in [0.25, 0.3) is 0 Å². The molecule has 102 valence electrons. The lowest BCUT2D eigenvalue weighted by Crippen LogP contribution is -2.51. The number of nitrogens with one attached hydrogen (secondary N) is 1. The van der Waals surface area contributed by atoms with Crippen LogP contribution in [0.5, 0.6) is 0 Å². The van der Waals surface area contributed by atoms with E-state index in [1.165, 1.54) is 0 Å². The molecule has 0 radical (unpaired) electrons.